The van der Waals surface area contributed by atoms with Crippen molar-refractivity contribution < 1.29 is 14.0 Å². The second kappa shape index (κ2) is 8.57. The molecule has 0 saturated heterocycles. The molecule has 0 aromatic heterocycles. The molecule has 0 amide bonds. The van der Waals surface area contributed by atoms with Crippen LogP contribution in [0.2, 0.25) is 18.1 Å². The SMILES string of the molecule is CCOC(=O)C[C@H]1C(C)=CCC2[C@]3(C)C(O[Si](C)(C)C(C)(C)C)=CCC(C)(C)[C@H]3CC[C@]21C. The fraction of sp³-hybridized carbons (Fsp3) is 0.828. The van der Waals surface area contributed by atoms with E-state index in [1.165, 1.54) is 24.2 Å². The summed E-state index contributed by atoms with van der Waals surface area (Å²) in [5, 5.41) is 0.167. The molecule has 0 bridgehead atoms. The molecule has 0 radical (unpaired) electrons. The van der Waals surface area contributed by atoms with Crippen molar-refractivity contribution in [3.63, 3.8) is 0 Å². The van der Waals surface area contributed by atoms with Gasteiger partial charge in [-0.1, -0.05) is 60.1 Å². The van der Waals surface area contributed by atoms with Crippen molar-refractivity contribution in [3.05, 3.63) is 23.5 Å². The number of fused-ring (bicyclic) bond motifs is 3. The van der Waals surface area contributed by atoms with E-state index in [2.05, 4.69) is 80.6 Å². The molecule has 3 rings (SSSR count). The first kappa shape index (κ1) is 26.6. The van der Waals surface area contributed by atoms with Crippen LogP contribution in [0.5, 0.6) is 0 Å². The fourth-order valence-electron chi connectivity index (χ4n) is 7.38. The third-order valence-electron chi connectivity index (χ3n) is 10.4. The Balaban J connectivity index is 2.08. The van der Waals surface area contributed by atoms with Gasteiger partial charge in [-0.2, -0.15) is 0 Å². The lowest BCUT2D eigenvalue weighted by Crippen LogP contribution is -2.59. The van der Waals surface area contributed by atoms with Gasteiger partial charge in [0.1, 0.15) is 0 Å². The molecule has 1 unspecified atom stereocenters. The third-order valence-corrected chi connectivity index (χ3v) is 14.7. The van der Waals surface area contributed by atoms with Crippen LogP contribution < -0.4 is 0 Å². The molecule has 3 nitrogen and oxygen atoms in total. The van der Waals surface area contributed by atoms with Crippen molar-refractivity contribution in [2.75, 3.05) is 6.61 Å². The van der Waals surface area contributed by atoms with E-state index in [0.29, 0.717) is 24.9 Å². The summed E-state index contributed by atoms with van der Waals surface area (Å²) in [6, 6.07) is 0. The summed E-state index contributed by atoms with van der Waals surface area (Å²) in [6.45, 7) is 26.2. The van der Waals surface area contributed by atoms with Crippen LogP contribution in [-0.4, -0.2) is 20.9 Å². The van der Waals surface area contributed by atoms with E-state index in [1.54, 1.807) is 0 Å². The van der Waals surface area contributed by atoms with Crippen molar-refractivity contribution in [2.24, 2.45) is 34.0 Å². The average molecular weight is 475 g/mol. The summed E-state index contributed by atoms with van der Waals surface area (Å²) < 4.78 is 12.6. The minimum atomic E-state index is -1.97. The Morgan fingerprint density at radius 3 is 2.33 bits per heavy atom. The van der Waals surface area contributed by atoms with Gasteiger partial charge >= 0.3 is 5.97 Å². The summed E-state index contributed by atoms with van der Waals surface area (Å²) in [6.07, 6.45) is 9.90. The van der Waals surface area contributed by atoms with Gasteiger partial charge in [0.05, 0.1) is 18.8 Å². The fourth-order valence-corrected chi connectivity index (χ4v) is 8.54. The summed E-state index contributed by atoms with van der Waals surface area (Å²) in [7, 11) is -1.97. The van der Waals surface area contributed by atoms with E-state index in [-0.39, 0.29) is 33.2 Å². The predicted molar refractivity (Wildman–Crippen MR) is 140 cm³/mol. The molecule has 188 valence electrons. The Bertz CT molecular complexity index is 830. The zero-order valence-corrected chi connectivity index (χ0v) is 24.4. The predicted octanol–water partition coefficient (Wildman–Crippen LogP) is 8.28. The normalized spacial score (nSPS) is 36.2. The van der Waals surface area contributed by atoms with Crippen LogP contribution in [0.4, 0.5) is 0 Å². The Hall–Kier alpha value is -1.03. The number of esters is 1. The highest BCUT2D eigenvalue weighted by molar-refractivity contribution is 6.74. The zero-order valence-electron chi connectivity index (χ0n) is 23.4. The number of carbonyl (C=O) groups excluding carboxylic acids is 1. The molecule has 1 fully saturated rings. The van der Waals surface area contributed by atoms with Gasteiger partial charge in [0.15, 0.2) is 0 Å². The van der Waals surface area contributed by atoms with Gasteiger partial charge in [-0.3, -0.25) is 4.79 Å². The van der Waals surface area contributed by atoms with Crippen LogP contribution in [0, 0.1) is 34.0 Å². The van der Waals surface area contributed by atoms with Crippen LogP contribution in [0.15, 0.2) is 23.5 Å². The number of rotatable bonds is 5. The molecule has 0 heterocycles. The topological polar surface area (TPSA) is 35.5 Å². The molecule has 0 aliphatic heterocycles. The van der Waals surface area contributed by atoms with E-state index >= 15 is 0 Å². The molecular weight excluding hydrogens is 424 g/mol. The van der Waals surface area contributed by atoms with E-state index in [4.69, 9.17) is 9.16 Å². The zero-order chi connectivity index (χ0) is 25.0. The standard InChI is InChI=1S/C29H50O3Si/c1-12-31-25(30)19-21-20(2)13-14-23-28(21,8)18-15-22-27(6,7)17-16-24(29(22,23)9)32-33(10,11)26(3,4)5/h13,16,21-23H,12,14-15,17-19H2,1-11H3/t21-,22+,23?,28-,29+/m0/s1. The summed E-state index contributed by atoms with van der Waals surface area (Å²) in [5.41, 5.74) is 1.67. The van der Waals surface area contributed by atoms with Crippen molar-refractivity contribution >= 4 is 14.3 Å². The van der Waals surface area contributed by atoms with Gasteiger partial charge in [-0.15, -0.1) is 0 Å². The first-order valence-corrected chi connectivity index (χ1v) is 16.1. The van der Waals surface area contributed by atoms with Crippen LogP contribution >= 0.6 is 0 Å². The third kappa shape index (κ3) is 4.39. The quantitative estimate of drug-likeness (QED) is 0.228. The van der Waals surface area contributed by atoms with Crippen molar-refractivity contribution in [2.45, 2.75) is 113 Å². The van der Waals surface area contributed by atoms with Gasteiger partial charge in [-0.25, -0.2) is 0 Å². The summed E-state index contributed by atoms with van der Waals surface area (Å²) in [4.78, 5) is 12.6. The lowest BCUT2D eigenvalue weighted by atomic mass is 9.40. The van der Waals surface area contributed by atoms with Crippen LogP contribution in [0.1, 0.15) is 94.4 Å². The smallest absolute Gasteiger partial charge is 0.306 e. The lowest BCUT2D eigenvalue weighted by Gasteiger charge is -2.65. The van der Waals surface area contributed by atoms with Gasteiger partial charge in [0.2, 0.25) is 8.32 Å². The molecular formula is C29H50O3Si. The Morgan fingerprint density at radius 2 is 1.76 bits per heavy atom. The second-order valence-electron chi connectivity index (χ2n) is 13.8. The van der Waals surface area contributed by atoms with Crippen LogP contribution in [-0.2, 0) is 14.0 Å². The molecule has 0 aromatic rings. The molecule has 0 spiro atoms. The Kier molecular flexibility index (Phi) is 6.90. The monoisotopic (exact) mass is 474 g/mol. The van der Waals surface area contributed by atoms with Crippen molar-refractivity contribution in [3.8, 4) is 0 Å². The highest BCUT2D eigenvalue weighted by Crippen LogP contribution is 2.69. The Labute approximate surface area is 204 Å². The van der Waals surface area contributed by atoms with E-state index in [1.807, 2.05) is 6.92 Å². The molecule has 1 saturated carbocycles. The van der Waals surface area contributed by atoms with Crippen LogP contribution in [0.3, 0.4) is 0 Å². The van der Waals surface area contributed by atoms with E-state index < -0.39 is 8.32 Å². The highest BCUT2D eigenvalue weighted by atomic mass is 28.4. The maximum Gasteiger partial charge on any atom is 0.306 e. The maximum atomic E-state index is 12.6. The second-order valence-corrected chi connectivity index (χ2v) is 18.5. The average Bonchev–Trinajstić information content (AvgIpc) is 2.66. The Morgan fingerprint density at radius 1 is 1.12 bits per heavy atom. The number of ether oxygens (including phenoxy) is 1. The first-order valence-electron chi connectivity index (χ1n) is 13.2. The number of allylic oxidation sites excluding steroid dienone is 4. The molecule has 4 heteroatoms. The molecule has 3 aliphatic carbocycles. The minimum absolute atomic E-state index is 0.0195. The van der Waals surface area contributed by atoms with Gasteiger partial charge < -0.3 is 9.16 Å². The van der Waals surface area contributed by atoms with Crippen molar-refractivity contribution in [1.29, 1.82) is 0 Å². The van der Waals surface area contributed by atoms with Gasteiger partial charge in [0, 0.05) is 5.41 Å². The van der Waals surface area contributed by atoms with Gasteiger partial charge in [0.25, 0.3) is 0 Å². The molecule has 3 aliphatic rings. The van der Waals surface area contributed by atoms with E-state index in [0.717, 1.165) is 12.8 Å². The number of hydrogen-bond donors (Lipinski definition) is 0. The maximum absolute atomic E-state index is 12.6. The number of carbonyl (C=O) groups is 1. The van der Waals surface area contributed by atoms with Crippen molar-refractivity contribution in [1.82, 2.24) is 0 Å². The summed E-state index contributed by atoms with van der Waals surface area (Å²) >= 11 is 0. The first-order chi connectivity index (χ1) is 15.0. The summed E-state index contributed by atoms with van der Waals surface area (Å²) in [5.74, 6) is 2.50. The molecule has 5 atom stereocenters. The molecule has 0 aromatic carbocycles. The largest absolute Gasteiger partial charge is 0.546 e. The molecule has 33 heavy (non-hydrogen) atoms. The number of hydrogen-bond acceptors (Lipinski definition) is 3. The van der Waals surface area contributed by atoms with E-state index in [9.17, 15) is 4.79 Å². The highest BCUT2D eigenvalue weighted by Gasteiger charge is 2.63. The minimum Gasteiger partial charge on any atom is -0.546 e. The van der Waals surface area contributed by atoms with Gasteiger partial charge in [-0.05, 0) is 92.3 Å². The lowest BCUT2D eigenvalue weighted by molar-refractivity contribution is -0.151. The van der Waals surface area contributed by atoms with Crippen LogP contribution in [0.25, 0.3) is 0 Å². The molecule has 0 N–H and O–H groups in total.